The van der Waals surface area contributed by atoms with Crippen LogP contribution in [-0.4, -0.2) is 36.6 Å². The van der Waals surface area contributed by atoms with Gasteiger partial charge in [0.25, 0.3) is 5.91 Å². The molecule has 0 saturated heterocycles. The normalized spacial score (nSPS) is 10.4. The number of nitrogens with zero attached hydrogens (tertiary/aromatic N) is 1. The summed E-state index contributed by atoms with van der Waals surface area (Å²) in [5.74, 6) is 0.901. The van der Waals surface area contributed by atoms with Gasteiger partial charge < -0.3 is 10.2 Å². The second-order valence-corrected chi connectivity index (χ2v) is 7.54. The molecule has 2 aromatic carbocycles. The van der Waals surface area contributed by atoms with Gasteiger partial charge in [0.1, 0.15) is 0 Å². The van der Waals surface area contributed by atoms with E-state index in [1.807, 2.05) is 36.4 Å². The van der Waals surface area contributed by atoms with Crippen molar-refractivity contribution >= 4 is 35.2 Å². The Bertz CT molecular complexity index is 732. The number of carbonyl (C=O) groups excluding carboxylic acids is 2. The SMILES string of the molecule is CNC(=O)c1ccc(CN(C)C(=O)CCCSc2ccc(Cl)cc2)cc1. The predicted octanol–water partition coefficient (Wildman–Crippen LogP) is 4.23. The number of carbonyl (C=O) groups is 2. The fourth-order valence-corrected chi connectivity index (χ4v) is 3.38. The highest BCUT2D eigenvalue weighted by Gasteiger charge is 2.10. The second kappa shape index (κ2) is 10.2. The lowest BCUT2D eigenvalue weighted by atomic mass is 10.1. The van der Waals surface area contributed by atoms with Crippen molar-refractivity contribution in [3.8, 4) is 0 Å². The number of hydrogen-bond acceptors (Lipinski definition) is 3. The first kappa shape index (κ1) is 20.3. The molecule has 0 atom stereocenters. The predicted molar refractivity (Wildman–Crippen MR) is 108 cm³/mol. The fourth-order valence-electron chi connectivity index (χ4n) is 2.40. The van der Waals surface area contributed by atoms with Gasteiger partial charge in [-0.05, 0) is 54.1 Å². The minimum Gasteiger partial charge on any atom is -0.355 e. The highest BCUT2D eigenvalue weighted by Crippen LogP contribution is 2.21. The molecule has 2 rings (SSSR count). The van der Waals surface area contributed by atoms with Crippen LogP contribution in [-0.2, 0) is 11.3 Å². The summed E-state index contributed by atoms with van der Waals surface area (Å²) in [4.78, 5) is 26.7. The van der Waals surface area contributed by atoms with Crippen molar-refractivity contribution in [1.82, 2.24) is 10.2 Å². The quantitative estimate of drug-likeness (QED) is 0.542. The maximum atomic E-state index is 12.3. The molecule has 4 nitrogen and oxygen atoms in total. The molecule has 0 aliphatic rings. The van der Waals surface area contributed by atoms with Gasteiger partial charge in [-0.1, -0.05) is 23.7 Å². The van der Waals surface area contributed by atoms with Crippen molar-refractivity contribution in [3.05, 3.63) is 64.7 Å². The van der Waals surface area contributed by atoms with E-state index in [1.165, 1.54) is 0 Å². The van der Waals surface area contributed by atoms with Crippen LogP contribution >= 0.6 is 23.4 Å². The van der Waals surface area contributed by atoms with Crippen molar-refractivity contribution in [2.75, 3.05) is 19.8 Å². The van der Waals surface area contributed by atoms with Gasteiger partial charge in [-0.2, -0.15) is 0 Å². The molecule has 138 valence electrons. The molecule has 2 aromatic rings. The van der Waals surface area contributed by atoms with Gasteiger partial charge in [-0.25, -0.2) is 0 Å². The molecule has 0 aromatic heterocycles. The Morgan fingerprint density at radius 2 is 1.73 bits per heavy atom. The van der Waals surface area contributed by atoms with Crippen molar-refractivity contribution in [2.24, 2.45) is 0 Å². The molecule has 26 heavy (non-hydrogen) atoms. The van der Waals surface area contributed by atoms with Crippen LogP contribution in [0.1, 0.15) is 28.8 Å². The lowest BCUT2D eigenvalue weighted by molar-refractivity contribution is -0.130. The highest BCUT2D eigenvalue weighted by molar-refractivity contribution is 7.99. The van der Waals surface area contributed by atoms with Gasteiger partial charge in [0.15, 0.2) is 0 Å². The van der Waals surface area contributed by atoms with E-state index < -0.39 is 0 Å². The van der Waals surface area contributed by atoms with Gasteiger partial charge in [-0.15, -0.1) is 11.8 Å². The number of nitrogens with one attached hydrogen (secondary N) is 1. The van der Waals surface area contributed by atoms with Crippen LogP contribution in [0.3, 0.4) is 0 Å². The summed E-state index contributed by atoms with van der Waals surface area (Å²) in [6.07, 6.45) is 1.35. The highest BCUT2D eigenvalue weighted by atomic mass is 35.5. The van der Waals surface area contributed by atoms with Crippen LogP contribution in [0.15, 0.2) is 53.4 Å². The van der Waals surface area contributed by atoms with Crippen molar-refractivity contribution in [1.29, 1.82) is 0 Å². The van der Waals surface area contributed by atoms with E-state index >= 15 is 0 Å². The van der Waals surface area contributed by atoms with Crippen LogP contribution in [0, 0.1) is 0 Å². The number of hydrogen-bond donors (Lipinski definition) is 1. The van der Waals surface area contributed by atoms with Gasteiger partial charge in [0, 0.05) is 42.5 Å². The van der Waals surface area contributed by atoms with Gasteiger partial charge in [0.05, 0.1) is 0 Å². The van der Waals surface area contributed by atoms with E-state index in [4.69, 9.17) is 11.6 Å². The smallest absolute Gasteiger partial charge is 0.251 e. The summed E-state index contributed by atoms with van der Waals surface area (Å²) in [6, 6.07) is 15.0. The van der Waals surface area contributed by atoms with Crippen LogP contribution < -0.4 is 5.32 Å². The molecule has 0 spiro atoms. The molecule has 1 N–H and O–H groups in total. The van der Waals surface area contributed by atoms with Crippen molar-refractivity contribution < 1.29 is 9.59 Å². The lowest BCUT2D eigenvalue weighted by Gasteiger charge is -2.17. The fraction of sp³-hybridized carbons (Fsp3) is 0.300. The molecule has 0 bridgehead atoms. The minimum atomic E-state index is -0.112. The second-order valence-electron chi connectivity index (χ2n) is 5.93. The van der Waals surface area contributed by atoms with Gasteiger partial charge in [-0.3, -0.25) is 9.59 Å². The van der Waals surface area contributed by atoms with E-state index in [0.29, 0.717) is 18.5 Å². The van der Waals surface area contributed by atoms with Crippen molar-refractivity contribution in [2.45, 2.75) is 24.3 Å². The summed E-state index contributed by atoms with van der Waals surface area (Å²) in [7, 11) is 3.41. The van der Waals surface area contributed by atoms with Gasteiger partial charge in [0.2, 0.25) is 5.91 Å². The third kappa shape index (κ3) is 6.39. The molecule has 2 amide bonds. The number of halogens is 1. The Labute approximate surface area is 163 Å². The van der Waals surface area contributed by atoms with E-state index in [2.05, 4.69) is 5.32 Å². The summed E-state index contributed by atoms with van der Waals surface area (Å²) >= 11 is 7.59. The van der Waals surface area contributed by atoms with Crippen LogP contribution in [0.5, 0.6) is 0 Å². The van der Waals surface area contributed by atoms with E-state index in [1.54, 1.807) is 42.9 Å². The number of benzene rings is 2. The summed E-state index contributed by atoms with van der Waals surface area (Å²) in [6.45, 7) is 0.539. The largest absolute Gasteiger partial charge is 0.355 e. The molecular formula is C20H23ClN2O2S. The first-order valence-electron chi connectivity index (χ1n) is 8.43. The molecule has 0 aliphatic heterocycles. The topological polar surface area (TPSA) is 49.4 Å². The molecule has 0 fully saturated rings. The Balaban J connectivity index is 1.73. The number of rotatable bonds is 8. The maximum Gasteiger partial charge on any atom is 0.251 e. The Morgan fingerprint density at radius 3 is 2.35 bits per heavy atom. The summed E-state index contributed by atoms with van der Waals surface area (Å²) in [5, 5.41) is 3.32. The summed E-state index contributed by atoms with van der Waals surface area (Å²) < 4.78 is 0. The third-order valence-corrected chi connectivity index (χ3v) is 5.26. The molecule has 0 aliphatic carbocycles. The average Bonchev–Trinajstić information content (AvgIpc) is 2.66. The number of thioether (sulfide) groups is 1. The minimum absolute atomic E-state index is 0.112. The third-order valence-electron chi connectivity index (χ3n) is 3.91. The first-order valence-corrected chi connectivity index (χ1v) is 9.79. The Kier molecular flexibility index (Phi) is 8.01. The molecule has 0 saturated carbocycles. The van der Waals surface area contributed by atoms with E-state index in [9.17, 15) is 9.59 Å². The van der Waals surface area contributed by atoms with Crippen LogP contribution in [0.2, 0.25) is 5.02 Å². The Morgan fingerprint density at radius 1 is 1.08 bits per heavy atom. The van der Waals surface area contributed by atoms with E-state index in [0.717, 1.165) is 27.7 Å². The molecular weight excluding hydrogens is 368 g/mol. The zero-order chi connectivity index (χ0) is 18.9. The molecule has 0 heterocycles. The zero-order valence-corrected chi connectivity index (χ0v) is 16.6. The number of amides is 2. The first-order chi connectivity index (χ1) is 12.5. The lowest BCUT2D eigenvalue weighted by Crippen LogP contribution is -2.26. The summed E-state index contributed by atoms with van der Waals surface area (Å²) in [5.41, 5.74) is 1.62. The van der Waals surface area contributed by atoms with E-state index in [-0.39, 0.29) is 11.8 Å². The Hall–Kier alpha value is -1.98. The molecule has 0 radical (unpaired) electrons. The molecule has 0 unspecified atom stereocenters. The zero-order valence-electron chi connectivity index (χ0n) is 15.0. The maximum absolute atomic E-state index is 12.3. The average molecular weight is 391 g/mol. The molecule has 6 heteroatoms. The van der Waals surface area contributed by atoms with Crippen molar-refractivity contribution in [3.63, 3.8) is 0 Å². The van der Waals surface area contributed by atoms with Gasteiger partial charge >= 0.3 is 0 Å². The standard InChI is InChI=1S/C20H23ClN2O2S/c1-22-20(25)16-7-5-15(6-8-16)14-23(2)19(24)4-3-13-26-18-11-9-17(21)10-12-18/h5-12H,3-4,13-14H2,1-2H3,(H,22,25). The van der Waals surface area contributed by atoms with Crippen LogP contribution in [0.25, 0.3) is 0 Å². The van der Waals surface area contributed by atoms with Crippen LogP contribution in [0.4, 0.5) is 0 Å². The monoisotopic (exact) mass is 390 g/mol.